The summed E-state index contributed by atoms with van der Waals surface area (Å²) in [5.41, 5.74) is 0.824. The molecule has 0 heterocycles. The normalized spacial score (nSPS) is 14.1. The summed E-state index contributed by atoms with van der Waals surface area (Å²) in [5.74, 6) is -0.532. The van der Waals surface area contributed by atoms with Gasteiger partial charge in [-0.3, -0.25) is 0 Å². The zero-order valence-electron chi connectivity index (χ0n) is 9.38. The Kier molecular flexibility index (Phi) is 5.33. The highest BCUT2D eigenvalue weighted by atomic mass is 32.2. The van der Waals surface area contributed by atoms with Gasteiger partial charge in [0.15, 0.2) is 0 Å². The van der Waals surface area contributed by atoms with Crippen molar-refractivity contribution in [1.29, 1.82) is 5.26 Å². The van der Waals surface area contributed by atoms with E-state index >= 15 is 0 Å². The van der Waals surface area contributed by atoms with Crippen LogP contribution >= 0.6 is 11.8 Å². The van der Waals surface area contributed by atoms with Crippen LogP contribution in [0.5, 0.6) is 0 Å². The summed E-state index contributed by atoms with van der Waals surface area (Å²) in [5, 5.41) is 18.8. The molecular formula is C12H15NO2S. The van der Waals surface area contributed by atoms with Crippen LogP contribution in [0.3, 0.4) is 0 Å². The van der Waals surface area contributed by atoms with Crippen molar-refractivity contribution in [1.82, 2.24) is 0 Å². The van der Waals surface area contributed by atoms with Crippen LogP contribution in [0.4, 0.5) is 0 Å². The van der Waals surface area contributed by atoms with Gasteiger partial charge in [0, 0.05) is 12.0 Å². The lowest BCUT2D eigenvalue weighted by molar-refractivity contribution is 0.0571. The van der Waals surface area contributed by atoms with E-state index in [-0.39, 0.29) is 6.61 Å². The highest BCUT2D eigenvalue weighted by Crippen LogP contribution is 2.22. The van der Waals surface area contributed by atoms with E-state index in [1.807, 2.05) is 30.5 Å². The van der Waals surface area contributed by atoms with Gasteiger partial charge in [-0.25, -0.2) is 0 Å². The van der Waals surface area contributed by atoms with Crippen LogP contribution in [0.2, 0.25) is 0 Å². The van der Waals surface area contributed by atoms with E-state index in [9.17, 15) is 5.11 Å². The van der Waals surface area contributed by atoms with Crippen LogP contribution in [0.25, 0.3) is 0 Å². The molecule has 1 aromatic rings. The number of aliphatic hydroxyl groups is 1. The summed E-state index contributed by atoms with van der Waals surface area (Å²) < 4.78 is 4.85. The monoisotopic (exact) mass is 237 g/mol. The Morgan fingerprint density at radius 3 is 2.50 bits per heavy atom. The van der Waals surface area contributed by atoms with E-state index in [0.29, 0.717) is 0 Å². The molecule has 1 N–H and O–H groups in total. The maximum atomic E-state index is 9.74. The molecule has 16 heavy (non-hydrogen) atoms. The average molecular weight is 237 g/mol. The Labute approximate surface area is 100 Å². The van der Waals surface area contributed by atoms with Crippen molar-refractivity contribution < 1.29 is 9.84 Å². The highest BCUT2D eigenvalue weighted by Gasteiger charge is 2.20. The molecule has 0 radical (unpaired) electrons. The summed E-state index contributed by atoms with van der Waals surface area (Å²) in [7, 11) is 1.51. The number of rotatable bonds is 5. The van der Waals surface area contributed by atoms with Gasteiger partial charge in [0.1, 0.15) is 0 Å². The standard InChI is InChI=1S/C12H15NO2S/c1-15-8-12(14)11(7-13)9-3-5-10(16-2)6-4-9/h3-6,11-12,14H,8H2,1-2H3. The van der Waals surface area contributed by atoms with Crippen LogP contribution < -0.4 is 0 Å². The average Bonchev–Trinajstić information content (AvgIpc) is 2.31. The first kappa shape index (κ1) is 13.0. The number of nitriles is 1. The van der Waals surface area contributed by atoms with Crippen molar-refractivity contribution in [2.75, 3.05) is 20.0 Å². The summed E-state index contributed by atoms with van der Waals surface area (Å²) in [6.07, 6.45) is 1.21. The molecule has 0 spiro atoms. The van der Waals surface area contributed by atoms with Crippen molar-refractivity contribution in [2.45, 2.75) is 16.9 Å². The minimum Gasteiger partial charge on any atom is -0.389 e. The number of benzene rings is 1. The third-order valence-corrected chi connectivity index (χ3v) is 3.08. The van der Waals surface area contributed by atoms with Crippen molar-refractivity contribution in [2.24, 2.45) is 0 Å². The Morgan fingerprint density at radius 2 is 2.06 bits per heavy atom. The van der Waals surface area contributed by atoms with Crippen LogP contribution in [-0.2, 0) is 4.74 Å². The minimum atomic E-state index is -0.782. The number of thioether (sulfide) groups is 1. The van der Waals surface area contributed by atoms with E-state index < -0.39 is 12.0 Å². The summed E-state index contributed by atoms with van der Waals surface area (Å²) in [6.45, 7) is 0.169. The molecule has 1 rings (SSSR count). The van der Waals surface area contributed by atoms with Gasteiger partial charge >= 0.3 is 0 Å². The summed E-state index contributed by atoms with van der Waals surface area (Å²) in [6, 6.07) is 9.75. The van der Waals surface area contributed by atoms with E-state index in [4.69, 9.17) is 10.00 Å². The van der Waals surface area contributed by atoms with Gasteiger partial charge in [0.05, 0.1) is 24.7 Å². The molecule has 0 saturated heterocycles. The molecule has 86 valence electrons. The Balaban J connectivity index is 2.83. The van der Waals surface area contributed by atoms with Gasteiger partial charge in [-0.2, -0.15) is 5.26 Å². The molecule has 4 heteroatoms. The second-order valence-electron chi connectivity index (χ2n) is 3.40. The Morgan fingerprint density at radius 1 is 1.44 bits per heavy atom. The summed E-state index contributed by atoms with van der Waals surface area (Å²) in [4.78, 5) is 1.14. The van der Waals surface area contributed by atoms with Gasteiger partial charge < -0.3 is 9.84 Å². The second-order valence-corrected chi connectivity index (χ2v) is 4.28. The predicted molar refractivity (Wildman–Crippen MR) is 64.5 cm³/mol. The molecule has 3 nitrogen and oxygen atoms in total. The SMILES string of the molecule is COCC(O)C(C#N)c1ccc(SC)cc1. The molecule has 0 aliphatic rings. The first-order valence-electron chi connectivity index (χ1n) is 4.93. The van der Waals surface area contributed by atoms with E-state index in [2.05, 4.69) is 6.07 Å². The fourth-order valence-electron chi connectivity index (χ4n) is 1.46. The molecule has 0 amide bonds. The molecule has 2 unspecified atom stereocenters. The Bertz CT molecular complexity index is 358. The van der Waals surface area contributed by atoms with Crippen molar-refractivity contribution in [3.63, 3.8) is 0 Å². The lowest BCUT2D eigenvalue weighted by atomic mass is 9.95. The molecule has 0 saturated carbocycles. The number of ether oxygens (including phenoxy) is 1. The molecule has 1 aromatic carbocycles. The van der Waals surface area contributed by atoms with Crippen molar-refractivity contribution in [3.05, 3.63) is 29.8 Å². The quantitative estimate of drug-likeness (QED) is 0.796. The van der Waals surface area contributed by atoms with E-state index in [0.717, 1.165) is 10.5 Å². The zero-order valence-corrected chi connectivity index (χ0v) is 10.2. The first-order chi connectivity index (χ1) is 7.72. The minimum absolute atomic E-state index is 0.169. The zero-order chi connectivity index (χ0) is 12.0. The number of hydrogen-bond donors (Lipinski definition) is 1. The van der Waals surface area contributed by atoms with E-state index in [1.165, 1.54) is 7.11 Å². The molecule has 0 aliphatic carbocycles. The first-order valence-corrected chi connectivity index (χ1v) is 6.16. The fourth-order valence-corrected chi connectivity index (χ4v) is 1.87. The molecule has 0 aliphatic heterocycles. The fraction of sp³-hybridized carbons (Fsp3) is 0.417. The van der Waals surface area contributed by atoms with Gasteiger partial charge in [-0.15, -0.1) is 11.8 Å². The smallest absolute Gasteiger partial charge is 0.0994 e. The lowest BCUT2D eigenvalue weighted by Crippen LogP contribution is -2.22. The highest BCUT2D eigenvalue weighted by molar-refractivity contribution is 7.98. The van der Waals surface area contributed by atoms with Gasteiger partial charge in [-0.1, -0.05) is 12.1 Å². The maximum absolute atomic E-state index is 9.74. The largest absolute Gasteiger partial charge is 0.389 e. The number of methoxy groups -OCH3 is 1. The Hall–Kier alpha value is -1.02. The molecular weight excluding hydrogens is 222 g/mol. The number of hydrogen-bond acceptors (Lipinski definition) is 4. The van der Waals surface area contributed by atoms with Crippen LogP contribution in [-0.4, -0.2) is 31.2 Å². The molecule has 0 bridgehead atoms. The van der Waals surface area contributed by atoms with Crippen LogP contribution in [0, 0.1) is 11.3 Å². The van der Waals surface area contributed by atoms with Gasteiger partial charge in [-0.05, 0) is 24.0 Å². The lowest BCUT2D eigenvalue weighted by Gasteiger charge is -2.16. The number of nitrogens with zero attached hydrogens (tertiary/aromatic N) is 1. The van der Waals surface area contributed by atoms with Gasteiger partial charge in [0.2, 0.25) is 0 Å². The molecule has 2 atom stereocenters. The van der Waals surface area contributed by atoms with Gasteiger partial charge in [0.25, 0.3) is 0 Å². The summed E-state index contributed by atoms with van der Waals surface area (Å²) >= 11 is 1.65. The maximum Gasteiger partial charge on any atom is 0.0994 e. The predicted octanol–water partition coefficient (Wildman–Crippen LogP) is 2.02. The molecule has 0 fully saturated rings. The number of aliphatic hydroxyl groups excluding tert-OH is 1. The van der Waals surface area contributed by atoms with E-state index in [1.54, 1.807) is 11.8 Å². The van der Waals surface area contributed by atoms with Crippen LogP contribution in [0.1, 0.15) is 11.5 Å². The van der Waals surface area contributed by atoms with Crippen LogP contribution in [0.15, 0.2) is 29.2 Å². The van der Waals surface area contributed by atoms with Crippen molar-refractivity contribution in [3.8, 4) is 6.07 Å². The second kappa shape index (κ2) is 6.54. The molecule has 0 aromatic heterocycles. The van der Waals surface area contributed by atoms with Crippen molar-refractivity contribution >= 4 is 11.8 Å². The third kappa shape index (κ3) is 3.24. The third-order valence-electron chi connectivity index (χ3n) is 2.34. The topological polar surface area (TPSA) is 53.2 Å².